The average molecular weight is 217 g/mol. The number of ether oxygens (including phenoxy) is 1. The second kappa shape index (κ2) is 4.71. The minimum atomic E-state index is 0.0957. The van der Waals surface area contributed by atoms with Crippen LogP contribution in [0.3, 0.4) is 0 Å². The van der Waals surface area contributed by atoms with E-state index in [-0.39, 0.29) is 6.04 Å². The third-order valence-electron chi connectivity index (χ3n) is 2.98. The third kappa shape index (κ3) is 2.45. The first-order valence-electron chi connectivity index (χ1n) is 5.78. The Kier molecular flexibility index (Phi) is 3.30. The number of para-hydroxylation sites is 1. The van der Waals surface area contributed by atoms with Crippen LogP contribution in [0.4, 0.5) is 0 Å². The summed E-state index contributed by atoms with van der Waals surface area (Å²) in [7, 11) is 0. The first kappa shape index (κ1) is 11.2. The lowest BCUT2D eigenvalue weighted by molar-refractivity contribution is 0.211. The van der Waals surface area contributed by atoms with Gasteiger partial charge in [-0.1, -0.05) is 29.8 Å². The van der Waals surface area contributed by atoms with Crippen LogP contribution in [0.15, 0.2) is 35.9 Å². The molecular weight excluding hydrogens is 198 g/mol. The van der Waals surface area contributed by atoms with E-state index in [0.717, 1.165) is 18.8 Å². The molecule has 0 aliphatic carbocycles. The predicted molar refractivity (Wildman–Crippen MR) is 66.5 cm³/mol. The van der Waals surface area contributed by atoms with Crippen molar-refractivity contribution in [1.82, 2.24) is 0 Å². The smallest absolute Gasteiger partial charge is 0.122 e. The maximum Gasteiger partial charge on any atom is 0.122 e. The van der Waals surface area contributed by atoms with Gasteiger partial charge >= 0.3 is 0 Å². The minimum Gasteiger partial charge on any atom is -0.493 e. The monoisotopic (exact) mass is 217 g/mol. The van der Waals surface area contributed by atoms with Gasteiger partial charge in [-0.05, 0) is 31.9 Å². The molecule has 2 heteroatoms. The van der Waals surface area contributed by atoms with Crippen molar-refractivity contribution in [2.24, 2.45) is 11.7 Å². The van der Waals surface area contributed by atoms with Gasteiger partial charge in [0.25, 0.3) is 0 Å². The van der Waals surface area contributed by atoms with Crippen LogP contribution < -0.4 is 10.5 Å². The standard InChI is InChI=1S/C14H19NO/c1-10(2)7-13(15)12-8-11-5-3-4-6-14(11)16-9-12/h3-7,12-13H,8-9,15H2,1-2H3. The molecule has 0 spiro atoms. The lowest BCUT2D eigenvalue weighted by Gasteiger charge is -2.28. The van der Waals surface area contributed by atoms with Crippen molar-refractivity contribution < 1.29 is 4.74 Å². The van der Waals surface area contributed by atoms with Gasteiger partial charge in [0.2, 0.25) is 0 Å². The van der Waals surface area contributed by atoms with Crippen LogP contribution in [-0.2, 0) is 6.42 Å². The summed E-state index contributed by atoms with van der Waals surface area (Å²) in [5, 5.41) is 0. The van der Waals surface area contributed by atoms with Crippen LogP contribution in [-0.4, -0.2) is 12.6 Å². The molecule has 0 saturated heterocycles. The molecule has 0 aromatic heterocycles. The maximum absolute atomic E-state index is 6.15. The summed E-state index contributed by atoms with van der Waals surface area (Å²) in [5.74, 6) is 1.41. The number of fused-ring (bicyclic) bond motifs is 1. The first-order valence-corrected chi connectivity index (χ1v) is 5.78. The summed E-state index contributed by atoms with van der Waals surface area (Å²) in [5.41, 5.74) is 8.69. The second-order valence-corrected chi connectivity index (χ2v) is 4.70. The number of benzene rings is 1. The summed E-state index contributed by atoms with van der Waals surface area (Å²) < 4.78 is 5.73. The Morgan fingerprint density at radius 3 is 2.94 bits per heavy atom. The number of hydrogen-bond acceptors (Lipinski definition) is 2. The fourth-order valence-electron chi connectivity index (χ4n) is 2.12. The van der Waals surface area contributed by atoms with Gasteiger partial charge in [0.05, 0.1) is 6.61 Å². The van der Waals surface area contributed by atoms with Gasteiger partial charge in [0, 0.05) is 12.0 Å². The molecule has 0 saturated carbocycles. The largest absolute Gasteiger partial charge is 0.493 e. The molecule has 0 bridgehead atoms. The SMILES string of the molecule is CC(C)=CC(N)C1COc2ccccc2C1. The Balaban J connectivity index is 2.11. The number of rotatable bonds is 2. The Morgan fingerprint density at radius 1 is 1.44 bits per heavy atom. The third-order valence-corrected chi connectivity index (χ3v) is 2.98. The van der Waals surface area contributed by atoms with Crippen molar-refractivity contribution in [3.05, 3.63) is 41.5 Å². The quantitative estimate of drug-likeness (QED) is 0.773. The zero-order valence-corrected chi connectivity index (χ0v) is 9.94. The molecule has 2 nitrogen and oxygen atoms in total. The summed E-state index contributed by atoms with van der Waals surface area (Å²) >= 11 is 0. The van der Waals surface area contributed by atoms with Crippen LogP contribution in [0.1, 0.15) is 19.4 Å². The molecule has 2 atom stereocenters. The van der Waals surface area contributed by atoms with E-state index in [2.05, 4.69) is 32.1 Å². The number of hydrogen-bond donors (Lipinski definition) is 1. The zero-order valence-electron chi connectivity index (χ0n) is 9.94. The Morgan fingerprint density at radius 2 is 2.19 bits per heavy atom. The maximum atomic E-state index is 6.15. The average Bonchev–Trinajstić information content (AvgIpc) is 2.27. The van der Waals surface area contributed by atoms with Crippen molar-refractivity contribution in [3.8, 4) is 5.75 Å². The van der Waals surface area contributed by atoms with Crippen molar-refractivity contribution in [3.63, 3.8) is 0 Å². The normalized spacial score (nSPS) is 20.6. The highest BCUT2D eigenvalue weighted by molar-refractivity contribution is 5.35. The molecular formula is C14H19NO. The summed E-state index contributed by atoms with van der Waals surface area (Å²) in [6.07, 6.45) is 3.14. The molecule has 0 amide bonds. The number of allylic oxidation sites excluding steroid dienone is 1. The highest BCUT2D eigenvalue weighted by Gasteiger charge is 2.23. The molecule has 2 unspecified atom stereocenters. The van der Waals surface area contributed by atoms with Crippen LogP contribution >= 0.6 is 0 Å². The highest BCUT2D eigenvalue weighted by Crippen LogP contribution is 2.28. The number of nitrogens with two attached hydrogens (primary N) is 1. The van der Waals surface area contributed by atoms with Gasteiger partial charge in [-0.3, -0.25) is 0 Å². The van der Waals surface area contributed by atoms with Gasteiger partial charge < -0.3 is 10.5 Å². The molecule has 1 aliphatic heterocycles. The molecule has 2 N–H and O–H groups in total. The Hall–Kier alpha value is -1.28. The van der Waals surface area contributed by atoms with E-state index in [1.165, 1.54) is 11.1 Å². The lowest BCUT2D eigenvalue weighted by Crippen LogP contribution is -2.36. The van der Waals surface area contributed by atoms with Crippen molar-refractivity contribution in [2.75, 3.05) is 6.61 Å². The fraction of sp³-hybridized carbons (Fsp3) is 0.429. The van der Waals surface area contributed by atoms with Gasteiger partial charge in [-0.15, -0.1) is 0 Å². The van der Waals surface area contributed by atoms with E-state index < -0.39 is 0 Å². The molecule has 86 valence electrons. The van der Waals surface area contributed by atoms with Crippen molar-refractivity contribution in [1.29, 1.82) is 0 Å². The molecule has 1 aromatic rings. The van der Waals surface area contributed by atoms with Crippen LogP contribution in [0.25, 0.3) is 0 Å². The van der Waals surface area contributed by atoms with Crippen LogP contribution in [0, 0.1) is 5.92 Å². The molecule has 16 heavy (non-hydrogen) atoms. The molecule has 2 rings (SSSR count). The Bertz CT molecular complexity index is 393. The van der Waals surface area contributed by atoms with Crippen molar-refractivity contribution >= 4 is 0 Å². The molecule has 0 radical (unpaired) electrons. The Labute approximate surface area is 97.1 Å². The van der Waals surface area contributed by atoms with Gasteiger partial charge in [0.15, 0.2) is 0 Å². The fourth-order valence-corrected chi connectivity index (χ4v) is 2.12. The van der Waals surface area contributed by atoms with Gasteiger partial charge in [-0.2, -0.15) is 0 Å². The van der Waals surface area contributed by atoms with E-state index >= 15 is 0 Å². The van der Waals surface area contributed by atoms with Gasteiger partial charge in [0.1, 0.15) is 5.75 Å². The minimum absolute atomic E-state index is 0.0957. The summed E-state index contributed by atoms with van der Waals surface area (Å²) in [6, 6.07) is 8.30. The highest BCUT2D eigenvalue weighted by atomic mass is 16.5. The van der Waals surface area contributed by atoms with E-state index in [9.17, 15) is 0 Å². The zero-order chi connectivity index (χ0) is 11.5. The molecule has 0 fully saturated rings. The molecule has 1 heterocycles. The lowest BCUT2D eigenvalue weighted by atomic mass is 9.90. The van der Waals surface area contributed by atoms with E-state index in [1.807, 2.05) is 12.1 Å². The predicted octanol–water partition coefficient (Wildman–Crippen LogP) is 2.53. The van der Waals surface area contributed by atoms with Crippen LogP contribution in [0.5, 0.6) is 5.75 Å². The van der Waals surface area contributed by atoms with E-state index in [1.54, 1.807) is 0 Å². The van der Waals surface area contributed by atoms with Crippen LogP contribution in [0.2, 0.25) is 0 Å². The topological polar surface area (TPSA) is 35.2 Å². The van der Waals surface area contributed by atoms with Crippen molar-refractivity contribution in [2.45, 2.75) is 26.3 Å². The summed E-state index contributed by atoms with van der Waals surface area (Å²) in [6.45, 7) is 4.89. The van der Waals surface area contributed by atoms with E-state index in [4.69, 9.17) is 10.5 Å². The molecule has 1 aliphatic rings. The summed E-state index contributed by atoms with van der Waals surface area (Å²) in [4.78, 5) is 0. The van der Waals surface area contributed by atoms with E-state index in [0.29, 0.717) is 5.92 Å². The first-order chi connectivity index (χ1) is 7.66. The molecule has 1 aromatic carbocycles. The second-order valence-electron chi connectivity index (χ2n) is 4.70. The van der Waals surface area contributed by atoms with Gasteiger partial charge in [-0.25, -0.2) is 0 Å².